The third kappa shape index (κ3) is 5.34. The number of para-hydroxylation sites is 1. The lowest BCUT2D eigenvalue weighted by molar-refractivity contribution is -0.136. The van der Waals surface area contributed by atoms with Crippen molar-refractivity contribution in [1.82, 2.24) is 9.80 Å². The first-order valence-electron chi connectivity index (χ1n) is 9.00. The summed E-state index contributed by atoms with van der Waals surface area (Å²) >= 11 is 0. The van der Waals surface area contributed by atoms with Crippen LogP contribution in [0.5, 0.6) is 0 Å². The van der Waals surface area contributed by atoms with Crippen molar-refractivity contribution in [2.24, 2.45) is 5.92 Å². The molecule has 2 rings (SSSR count). The van der Waals surface area contributed by atoms with E-state index in [0.717, 1.165) is 51.3 Å². The molecule has 0 aliphatic carbocycles. The molecule has 1 aromatic rings. The van der Waals surface area contributed by atoms with Gasteiger partial charge < -0.3 is 15.1 Å². The Kier molecular flexibility index (Phi) is 7.25. The minimum absolute atomic E-state index is 0.0440. The molecule has 5 nitrogen and oxygen atoms in total. The van der Waals surface area contributed by atoms with Crippen molar-refractivity contribution < 1.29 is 9.59 Å². The van der Waals surface area contributed by atoms with Crippen LogP contribution >= 0.6 is 0 Å². The normalized spacial score (nSPS) is 15.9. The number of nitrogens with zero attached hydrogens (tertiary/aromatic N) is 2. The van der Waals surface area contributed by atoms with Gasteiger partial charge in [0.25, 0.3) is 0 Å². The van der Waals surface area contributed by atoms with Crippen LogP contribution in [0.25, 0.3) is 0 Å². The number of hydrogen-bond acceptors (Lipinski definition) is 3. The summed E-state index contributed by atoms with van der Waals surface area (Å²) in [5.41, 5.74) is 0.839. The molecule has 0 bridgehead atoms. The first-order chi connectivity index (χ1) is 11.6. The first kappa shape index (κ1) is 18.5. The highest BCUT2D eigenvalue weighted by molar-refractivity contribution is 5.90. The summed E-state index contributed by atoms with van der Waals surface area (Å²) in [7, 11) is 0. The number of amides is 2. The van der Waals surface area contributed by atoms with Crippen molar-refractivity contribution in [1.29, 1.82) is 0 Å². The van der Waals surface area contributed by atoms with E-state index in [-0.39, 0.29) is 11.8 Å². The van der Waals surface area contributed by atoms with Gasteiger partial charge in [-0.25, -0.2) is 0 Å². The minimum atomic E-state index is 0.0440. The number of likely N-dealkylation sites (tertiary alicyclic amines) is 1. The lowest BCUT2D eigenvalue weighted by Crippen LogP contribution is -2.43. The summed E-state index contributed by atoms with van der Waals surface area (Å²) in [5, 5.41) is 2.91. The predicted octanol–water partition coefficient (Wildman–Crippen LogP) is 2.60. The van der Waals surface area contributed by atoms with Crippen molar-refractivity contribution in [3.8, 4) is 0 Å². The van der Waals surface area contributed by atoms with Crippen molar-refractivity contribution in [3.63, 3.8) is 0 Å². The highest BCUT2D eigenvalue weighted by atomic mass is 16.2. The molecular weight excluding hydrogens is 302 g/mol. The van der Waals surface area contributed by atoms with E-state index in [0.29, 0.717) is 12.3 Å². The summed E-state index contributed by atoms with van der Waals surface area (Å²) in [6.45, 7) is 8.19. The van der Waals surface area contributed by atoms with E-state index in [2.05, 4.69) is 10.2 Å². The van der Waals surface area contributed by atoms with Crippen molar-refractivity contribution in [2.75, 3.05) is 38.0 Å². The van der Waals surface area contributed by atoms with Crippen LogP contribution in [-0.4, -0.2) is 54.3 Å². The molecule has 1 aliphatic rings. The van der Waals surface area contributed by atoms with Crippen LogP contribution in [0, 0.1) is 5.92 Å². The molecule has 0 unspecified atom stereocenters. The maximum Gasteiger partial charge on any atom is 0.225 e. The lowest BCUT2D eigenvalue weighted by Gasteiger charge is -2.33. The van der Waals surface area contributed by atoms with Gasteiger partial charge in [0.1, 0.15) is 0 Å². The molecule has 0 aromatic heterocycles. The van der Waals surface area contributed by atoms with Gasteiger partial charge in [0, 0.05) is 37.7 Å². The van der Waals surface area contributed by atoms with Gasteiger partial charge in [0.15, 0.2) is 0 Å². The zero-order chi connectivity index (χ0) is 17.4. The summed E-state index contributed by atoms with van der Waals surface area (Å²) in [5.74, 6) is 0.489. The molecule has 0 spiro atoms. The second-order valence-electron chi connectivity index (χ2n) is 6.29. The molecular formula is C19H29N3O2. The third-order valence-corrected chi connectivity index (χ3v) is 4.72. The van der Waals surface area contributed by atoms with Gasteiger partial charge >= 0.3 is 0 Å². The number of nitrogens with one attached hydrogen (secondary N) is 1. The van der Waals surface area contributed by atoms with Crippen LogP contribution in [0.15, 0.2) is 30.3 Å². The molecule has 1 aromatic carbocycles. The molecule has 1 saturated heterocycles. The van der Waals surface area contributed by atoms with Crippen LogP contribution in [0.3, 0.4) is 0 Å². The minimum Gasteiger partial charge on any atom is -0.343 e. The number of hydrogen-bond donors (Lipinski definition) is 1. The smallest absolute Gasteiger partial charge is 0.225 e. The number of benzene rings is 1. The molecule has 24 heavy (non-hydrogen) atoms. The van der Waals surface area contributed by atoms with E-state index in [1.165, 1.54) is 0 Å². The summed E-state index contributed by atoms with van der Waals surface area (Å²) in [6.07, 6.45) is 2.29. The van der Waals surface area contributed by atoms with Gasteiger partial charge in [-0.3, -0.25) is 9.59 Å². The molecule has 1 aliphatic heterocycles. The number of piperidine rings is 1. The number of carbonyl (C=O) groups excluding carboxylic acids is 2. The molecule has 0 atom stereocenters. The van der Waals surface area contributed by atoms with Crippen molar-refractivity contribution >= 4 is 17.5 Å². The Hall–Kier alpha value is -1.88. The van der Waals surface area contributed by atoms with Gasteiger partial charge in [-0.15, -0.1) is 0 Å². The third-order valence-electron chi connectivity index (χ3n) is 4.72. The molecule has 2 amide bonds. The zero-order valence-corrected chi connectivity index (χ0v) is 14.8. The maximum atomic E-state index is 12.4. The fourth-order valence-electron chi connectivity index (χ4n) is 3.20. The number of carbonyl (C=O) groups is 2. The van der Waals surface area contributed by atoms with E-state index >= 15 is 0 Å². The van der Waals surface area contributed by atoms with E-state index in [9.17, 15) is 9.59 Å². The van der Waals surface area contributed by atoms with Gasteiger partial charge in [-0.05, 0) is 51.9 Å². The Morgan fingerprint density at radius 3 is 2.33 bits per heavy atom. The number of rotatable bonds is 7. The van der Waals surface area contributed by atoms with Gasteiger partial charge in [0.05, 0.1) is 0 Å². The Morgan fingerprint density at radius 2 is 1.75 bits per heavy atom. The van der Waals surface area contributed by atoms with Crippen LogP contribution in [0.4, 0.5) is 5.69 Å². The van der Waals surface area contributed by atoms with Crippen molar-refractivity contribution in [2.45, 2.75) is 33.1 Å². The molecule has 0 radical (unpaired) electrons. The number of anilines is 1. The van der Waals surface area contributed by atoms with E-state index in [1.54, 1.807) is 0 Å². The fourth-order valence-corrected chi connectivity index (χ4v) is 3.20. The molecule has 1 heterocycles. The zero-order valence-electron chi connectivity index (χ0n) is 14.8. The van der Waals surface area contributed by atoms with Crippen LogP contribution in [0.2, 0.25) is 0 Å². The van der Waals surface area contributed by atoms with E-state index < -0.39 is 0 Å². The average Bonchev–Trinajstić information content (AvgIpc) is 2.62. The SMILES string of the molecule is CCN(CC)C(=O)C1CCN(CCC(=O)Nc2ccccc2)CC1. The summed E-state index contributed by atoms with van der Waals surface area (Å²) < 4.78 is 0. The fraction of sp³-hybridized carbons (Fsp3) is 0.579. The Balaban J connectivity index is 1.69. The van der Waals surface area contributed by atoms with Crippen LogP contribution in [-0.2, 0) is 9.59 Å². The Morgan fingerprint density at radius 1 is 1.12 bits per heavy atom. The maximum absolute atomic E-state index is 12.4. The molecule has 0 saturated carbocycles. The lowest BCUT2D eigenvalue weighted by atomic mass is 9.95. The highest BCUT2D eigenvalue weighted by Crippen LogP contribution is 2.20. The van der Waals surface area contributed by atoms with Gasteiger partial charge in [-0.2, -0.15) is 0 Å². The van der Waals surface area contributed by atoms with Crippen LogP contribution in [0.1, 0.15) is 33.1 Å². The Labute approximate surface area is 145 Å². The van der Waals surface area contributed by atoms with E-state index in [1.807, 2.05) is 49.1 Å². The predicted molar refractivity (Wildman–Crippen MR) is 96.8 cm³/mol. The summed E-state index contributed by atoms with van der Waals surface area (Å²) in [4.78, 5) is 28.6. The Bertz CT molecular complexity index is 521. The molecule has 1 fully saturated rings. The topological polar surface area (TPSA) is 52.7 Å². The first-order valence-corrected chi connectivity index (χ1v) is 9.00. The second kappa shape index (κ2) is 9.42. The molecule has 5 heteroatoms. The average molecular weight is 331 g/mol. The van der Waals surface area contributed by atoms with Gasteiger partial charge in [0.2, 0.25) is 11.8 Å². The largest absolute Gasteiger partial charge is 0.343 e. The van der Waals surface area contributed by atoms with E-state index in [4.69, 9.17) is 0 Å². The highest BCUT2D eigenvalue weighted by Gasteiger charge is 2.27. The monoisotopic (exact) mass is 331 g/mol. The standard InChI is InChI=1S/C19H29N3O2/c1-3-22(4-2)19(24)16-10-13-21(14-11-16)15-12-18(23)20-17-8-6-5-7-9-17/h5-9,16H,3-4,10-15H2,1-2H3,(H,20,23). The van der Waals surface area contributed by atoms with Gasteiger partial charge in [-0.1, -0.05) is 18.2 Å². The molecule has 1 N–H and O–H groups in total. The molecule has 132 valence electrons. The van der Waals surface area contributed by atoms with Crippen LogP contribution < -0.4 is 5.32 Å². The summed E-state index contributed by atoms with van der Waals surface area (Å²) in [6, 6.07) is 9.53. The van der Waals surface area contributed by atoms with Crippen molar-refractivity contribution in [3.05, 3.63) is 30.3 Å². The quantitative estimate of drug-likeness (QED) is 0.835. The second-order valence-corrected chi connectivity index (χ2v) is 6.29.